The van der Waals surface area contributed by atoms with E-state index in [0.717, 1.165) is 22.4 Å². The van der Waals surface area contributed by atoms with E-state index >= 15 is 0 Å². The number of amides is 4. The summed E-state index contributed by atoms with van der Waals surface area (Å²) < 4.78 is 46.6. The summed E-state index contributed by atoms with van der Waals surface area (Å²) in [5.41, 5.74) is 9.96. The number of azide groups is 1. The number of nitrogens with one attached hydrogen (secondary N) is 1. The van der Waals surface area contributed by atoms with Crippen LogP contribution in [0.2, 0.25) is 32.2 Å². The number of carbonyl (C=O) groups is 7. The van der Waals surface area contributed by atoms with E-state index < -0.39 is 76.7 Å². The van der Waals surface area contributed by atoms with E-state index in [1.165, 1.54) is 14.2 Å². The molecule has 1 aliphatic heterocycles. The zero-order valence-electron chi connectivity index (χ0n) is 59.3. The minimum Gasteiger partial charge on any atom is -0.480 e. The third-order valence-corrected chi connectivity index (χ3v) is 25.3. The Morgan fingerprint density at radius 3 is 1.89 bits per heavy atom. The zero-order valence-corrected chi connectivity index (χ0v) is 61.3. The van der Waals surface area contributed by atoms with Crippen LogP contribution in [0.1, 0.15) is 117 Å². The van der Waals surface area contributed by atoms with Crippen molar-refractivity contribution >= 4 is 63.0 Å². The predicted molar refractivity (Wildman–Crippen MR) is 367 cm³/mol. The normalized spacial score (nSPS) is 16.1. The third kappa shape index (κ3) is 28.7. The molecule has 3 rings (SSSR count). The van der Waals surface area contributed by atoms with E-state index in [2.05, 4.69) is 53.7 Å². The number of carboxylic acid groups (broad SMARTS) is 1. The fourth-order valence-corrected chi connectivity index (χ4v) is 21.0. The van der Waals surface area contributed by atoms with Crippen molar-refractivity contribution in [1.29, 1.82) is 0 Å². The summed E-state index contributed by atoms with van der Waals surface area (Å²) in [5.74, 6) is -4.47. The average molecular weight is 1350 g/mol. The van der Waals surface area contributed by atoms with Crippen LogP contribution in [-0.2, 0) is 83.7 Å². The Morgan fingerprint density at radius 1 is 0.745 bits per heavy atom. The number of likely N-dealkylation sites (N-methyl/N-ethyl adjacent to an activating group) is 2. The molecule has 0 spiro atoms. The number of Topliss-reactive ketones (excluding diaryl/α,β-unsaturated/α-hetero) is 2. The van der Waals surface area contributed by atoms with Gasteiger partial charge in [0.05, 0.1) is 102 Å². The van der Waals surface area contributed by atoms with Gasteiger partial charge in [0.15, 0.2) is 14.1 Å². The van der Waals surface area contributed by atoms with Gasteiger partial charge in [-0.25, -0.2) is 4.79 Å². The van der Waals surface area contributed by atoms with Gasteiger partial charge in [0, 0.05) is 90.9 Å². The van der Waals surface area contributed by atoms with E-state index in [1.807, 2.05) is 71.9 Å². The summed E-state index contributed by atoms with van der Waals surface area (Å²) in [7, 11) is 1.63. The van der Waals surface area contributed by atoms with Gasteiger partial charge in [-0.2, -0.15) is 0 Å². The fraction of sp³-hybridized carbons (Fsp3) is 0.725. The third-order valence-electron chi connectivity index (χ3n) is 17.8. The van der Waals surface area contributed by atoms with Crippen molar-refractivity contribution in [2.75, 3.05) is 107 Å². The van der Waals surface area contributed by atoms with Gasteiger partial charge < -0.3 is 62.4 Å². The molecular weight excluding hydrogens is 1240 g/mol. The minimum atomic E-state index is -2.45. The highest BCUT2D eigenvalue weighted by Crippen LogP contribution is 2.32. The van der Waals surface area contributed by atoms with Crippen LogP contribution in [0.25, 0.3) is 10.4 Å². The van der Waals surface area contributed by atoms with Gasteiger partial charge >= 0.3 is 5.97 Å². The minimum absolute atomic E-state index is 0.0651. The van der Waals surface area contributed by atoms with Crippen LogP contribution in [0, 0.1) is 29.6 Å². The molecule has 25 heteroatoms. The molecular formula is C69H115N7O16Si2. The van der Waals surface area contributed by atoms with Crippen molar-refractivity contribution in [3.63, 3.8) is 0 Å². The van der Waals surface area contributed by atoms with Crippen LogP contribution in [0.4, 0.5) is 0 Å². The molecule has 2 aromatic rings. The molecule has 0 unspecified atom stereocenters. The quantitative estimate of drug-likeness (QED) is 0.0206. The molecule has 4 amide bonds. The molecule has 1 heterocycles. The Labute approximate surface area is 562 Å². The van der Waals surface area contributed by atoms with Crippen LogP contribution in [0.3, 0.4) is 0 Å². The summed E-state index contributed by atoms with van der Waals surface area (Å²) >= 11 is 0. The maximum atomic E-state index is 14.9. The van der Waals surface area contributed by atoms with Crippen molar-refractivity contribution < 1.29 is 75.9 Å². The maximum absolute atomic E-state index is 14.9. The molecule has 0 aromatic heterocycles. The molecule has 94 heavy (non-hydrogen) atoms. The summed E-state index contributed by atoms with van der Waals surface area (Å²) in [5, 5.41) is 17.2. The number of benzene rings is 2. The Morgan fingerprint density at radius 2 is 1.34 bits per heavy atom. The molecule has 0 aliphatic carbocycles. The smallest absolute Gasteiger partial charge is 0.326 e. The first-order valence-electron chi connectivity index (χ1n) is 33.8. The summed E-state index contributed by atoms with van der Waals surface area (Å²) in [4.78, 5) is 105. The zero-order chi connectivity index (χ0) is 70.0. The SMILES string of the molecule is CC[C@@H](C)[C@H]([C@H](CC(=O)N1CCC[C@@H]1[C@@H](OC)[C@H](C)C(=O)N[C@H](Cc1ccccc1)C(=O)O)OC)N(C)C(=O)[C@H](CC(=O)[C@@H](C(C)C)N(C)C(=O)CCC[Si](C)(C)O[Si](C)(C)c1cccc(CC(=O)CCCOCCOCCOCCOCCOCCN=[N+]=[N-])c1)C(C)C. The van der Waals surface area contributed by atoms with Crippen molar-refractivity contribution in [3.05, 3.63) is 76.2 Å². The van der Waals surface area contributed by atoms with Gasteiger partial charge in [0.1, 0.15) is 11.8 Å². The first-order valence-corrected chi connectivity index (χ1v) is 39.8. The van der Waals surface area contributed by atoms with Crippen molar-refractivity contribution in [1.82, 2.24) is 20.0 Å². The van der Waals surface area contributed by atoms with E-state index in [4.69, 9.17) is 42.8 Å². The first kappa shape index (κ1) is 82.8. The second-order valence-corrected chi connectivity index (χ2v) is 35.1. The van der Waals surface area contributed by atoms with Gasteiger partial charge in [-0.15, -0.1) is 0 Å². The largest absolute Gasteiger partial charge is 0.480 e. The number of aliphatic carboxylic acids is 1. The Bertz CT molecular complexity index is 2670. The van der Waals surface area contributed by atoms with Crippen molar-refractivity contribution in [2.24, 2.45) is 34.7 Å². The predicted octanol–water partition coefficient (Wildman–Crippen LogP) is 8.83. The highest BCUT2D eigenvalue weighted by molar-refractivity contribution is 6.92. The van der Waals surface area contributed by atoms with E-state index in [0.29, 0.717) is 124 Å². The standard InChI is InChI=1S/C69H115N7O16Si2/c1-16-51(6)65(61(85-10)48-63(80)76-32-21-29-59(76)66(86-11)52(7)67(81)72-58(69(83)84)46-53-24-18-17-19-25-53)75(9)68(82)57(49(2)3)47-60(78)64(50(4)5)74(8)62(79)30-23-43-93(12,13)92-94(14,15)56-28-20-26-54(45-56)44-55(77)27-22-33-87-35-37-89-39-41-91-42-40-90-38-36-88-34-31-71-73-70/h17-20,24-26,28,45,49-52,57-59,61,64-66H,16,21-23,27,29-44,46-48H2,1-15H3,(H,72,81)(H,83,84)/t51-,52+,57-,58-,59-,61+,64-,65-,66+/m1/s1. The molecule has 0 radical (unpaired) electrons. The number of hydrogen-bond donors (Lipinski definition) is 2. The van der Waals surface area contributed by atoms with Crippen LogP contribution in [0.15, 0.2) is 59.7 Å². The number of nitrogens with zero attached hydrogens (tertiary/aromatic N) is 6. The average Bonchev–Trinajstić information content (AvgIpc) is 1.32. The lowest BCUT2D eigenvalue weighted by Crippen LogP contribution is -2.55. The molecule has 1 fully saturated rings. The molecule has 2 N–H and O–H groups in total. The number of hydrogen-bond acceptors (Lipinski definition) is 16. The van der Waals surface area contributed by atoms with Gasteiger partial charge in [0.25, 0.3) is 0 Å². The molecule has 1 saturated heterocycles. The monoisotopic (exact) mass is 1350 g/mol. The van der Waals surface area contributed by atoms with E-state index in [9.17, 15) is 38.7 Å². The second-order valence-electron chi connectivity index (χ2n) is 26.7. The van der Waals surface area contributed by atoms with Crippen molar-refractivity contribution in [3.8, 4) is 0 Å². The van der Waals surface area contributed by atoms with Gasteiger partial charge in [-0.05, 0) is 97.5 Å². The molecule has 1 aliphatic rings. The summed E-state index contributed by atoms with van der Waals surface area (Å²) in [6.07, 6.45) is 2.53. The Hall–Kier alpha value is -5.45. The number of carboxylic acids is 1. The molecule has 0 bridgehead atoms. The summed E-state index contributed by atoms with van der Waals surface area (Å²) in [6, 6.07) is 15.0. The Balaban J connectivity index is 1.53. The maximum Gasteiger partial charge on any atom is 0.326 e. The molecule has 23 nitrogen and oxygen atoms in total. The molecule has 0 saturated carbocycles. The van der Waals surface area contributed by atoms with Crippen LogP contribution >= 0.6 is 0 Å². The van der Waals surface area contributed by atoms with Crippen LogP contribution in [-0.4, -0.2) is 221 Å². The number of rotatable bonds is 50. The van der Waals surface area contributed by atoms with Crippen molar-refractivity contribution in [2.45, 2.75) is 188 Å². The van der Waals surface area contributed by atoms with Crippen LogP contribution < -0.4 is 10.5 Å². The molecule has 530 valence electrons. The van der Waals surface area contributed by atoms with Gasteiger partial charge in [0.2, 0.25) is 31.9 Å². The lowest BCUT2D eigenvalue weighted by Gasteiger charge is -2.41. The lowest BCUT2D eigenvalue weighted by molar-refractivity contribution is -0.150. The number of likely N-dealkylation sites (tertiary alicyclic amines) is 1. The topological polar surface area (TPSA) is 284 Å². The molecule has 2 aromatic carbocycles. The van der Waals surface area contributed by atoms with E-state index in [-0.39, 0.29) is 72.7 Å². The first-order chi connectivity index (χ1) is 44.6. The number of methoxy groups -OCH3 is 2. The summed E-state index contributed by atoms with van der Waals surface area (Å²) in [6.45, 7) is 27.1. The number of carbonyl (C=O) groups excluding carboxylic acids is 6. The van der Waals surface area contributed by atoms with Gasteiger partial charge in [-0.3, -0.25) is 28.8 Å². The van der Waals surface area contributed by atoms with E-state index in [1.54, 1.807) is 47.9 Å². The van der Waals surface area contributed by atoms with Gasteiger partial charge in [-0.1, -0.05) is 115 Å². The highest BCUT2D eigenvalue weighted by Gasteiger charge is 2.44. The van der Waals surface area contributed by atoms with Crippen LogP contribution in [0.5, 0.6) is 0 Å². The highest BCUT2D eigenvalue weighted by atomic mass is 28.4. The number of ether oxygens (including phenoxy) is 7. The lowest BCUT2D eigenvalue weighted by atomic mass is 9.83. The fourth-order valence-electron chi connectivity index (χ4n) is 12.6. The Kier molecular flexibility index (Phi) is 38.5. The molecule has 9 atom stereocenters. The number of ketones is 2. The second kappa shape index (κ2) is 43.7.